The third kappa shape index (κ3) is 2.96. The highest BCUT2D eigenvalue weighted by molar-refractivity contribution is 5.18. The van der Waals surface area contributed by atoms with Crippen molar-refractivity contribution in [3.63, 3.8) is 0 Å². The van der Waals surface area contributed by atoms with Crippen LogP contribution in [0.15, 0.2) is 30.7 Å². The molecule has 2 rings (SSSR count). The Labute approximate surface area is 108 Å². The molecule has 0 saturated carbocycles. The van der Waals surface area contributed by atoms with Crippen molar-refractivity contribution in [3.8, 4) is 0 Å². The van der Waals surface area contributed by atoms with Crippen molar-refractivity contribution < 1.29 is 0 Å². The molecule has 0 fully saturated rings. The first-order valence-electron chi connectivity index (χ1n) is 6.35. The summed E-state index contributed by atoms with van der Waals surface area (Å²) in [6.07, 6.45) is 6.76. The highest BCUT2D eigenvalue weighted by atomic mass is 15.3. The molecule has 1 N–H and O–H groups in total. The molecule has 0 bridgehead atoms. The lowest BCUT2D eigenvalue weighted by Gasteiger charge is -2.13. The van der Waals surface area contributed by atoms with Crippen molar-refractivity contribution in [1.29, 1.82) is 0 Å². The molecule has 0 spiro atoms. The van der Waals surface area contributed by atoms with Crippen LogP contribution < -0.4 is 5.32 Å². The molecule has 0 saturated heterocycles. The van der Waals surface area contributed by atoms with Gasteiger partial charge < -0.3 is 5.32 Å². The quantitative estimate of drug-likeness (QED) is 0.877. The molecule has 4 heteroatoms. The zero-order valence-electron chi connectivity index (χ0n) is 11.2. The molecule has 96 valence electrons. The monoisotopic (exact) mass is 244 g/mol. The molecule has 1 atom stereocenters. The van der Waals surface area contributed by atoms with E-state index >= 15 is 0 Å². The van der Waals surface area contributed by atoms with Crippen LogP contribution in [0.3, 0.4) is 0 Å². The van der Waals surface area contributed by atoms with Gasteiger partial charge >= 0.3 is 0 Å². The van der Waals surface area contributed by atoms with E-state index in [9.17, 15) is 0 Å². The second kappa shape index (κ2) is 5.78. The van der Waals surface area contributed by atoms with Crippen LogP contribution in [-0.2, 0) is 20.0 Å². The third-order valence-electron chi connectivity index (χ3n) is 3.11. The summed E-state index contributed by atoms with van der Waals surface area (Å²) in [4.78, 5) is 4.14. The Kier molecular flexibility index (Phi) is 4.10. The van der Waals surface area contributed by atoms with E-state index in [1.807, 2.05) is 24.0 Å². The number of pyridine rings is 1. The van der Waals surface area contributed by atoms with E-state index in [0.717, 1.165) is 13.0 Å². The lowest BCUT2D eigenvalue weighted by atomic mass is 10.1. The topological polar surface area (TPSA) is 42.7 Å². The summed E-state index contributed by atoms with van der Waals surface area (Å²) >= 11 is 0. The fraction of sp³-hybridized carbons (Fsp3) is 0.429. The number of rotatable bonds is 5. The first kappa shape index (κ1) is 12.8. The van der Waals surface area contributed by atoms with Crippen LogP contribution in [-0.4, -0.2) is 14.8 Å². The van der Waals surface area contributed by atoms with Crippen molar-refractivity contribution >= 4 is 0 Å². The van der Waals surface area contributed by atoms with Crippen LogP contribution in [0.5, 0.6) is 0 Å². The van der Waals surface area contributed by atoms with E-state index in [-0.39, 0.29) is 0 Å². The molecule has 1 unspecified atom stereocenters. The molecule has 0 aromatic carbocycles. The van der Waals surface area contributed by atoms with Crippen LogP contribution in [0.25, 0.3) is 0 Å². The molecular weight excluding hydrogens is 224 g/mol. The highest BCUT2D eigenvalue weighted by Gasteiger charge is 2.08. The van der Waals surface area contributed by atoms with Crippen LogP contribution in [0, 0.1) is 0 Å². The average molecular weight is 244 g/mol. The van der Waals surface area contributed by atoms with Gasteiger partial charge in [0, 0.05) is 43.8 Å². The predicted octanol–water partition coefficient (Wildman–Crippen LogP) is 2.23. The number of aryl methyl sites for hydroxylation is 2. The Hall–Kier alpha value is -1.68. The minimum Gasteiger partial charge on any atom is -0.306 e. The van der Waals surface area contributed by atoms with Gasteiger partial charge in [0.2, 0.25) is 0 Å². The van der Waals surface area contributed by atoms with Crippen molar-refractivity contribution in [2.75, 3.05) is 0 Å². The largest absolute Gasteiger partial charge is 0.306 e. The Bertz CT molecular complexity index is 490. The van der Waals surface area contributed by atoms with Crippen molar-refractivity contribution in [2.24, 2.45) is 7.05 Å². The van der Waals surface area contributed by atoms with Crippen LogP contribution >= 0.6 is 0 Å². The Morgan fingerprint density at radius 1 is 1.44 bits per heavy atom. The van der Waals surface area contributed by atoms with Gasteiger partial charge in [-0.25, -0.2) is 0 Å². The molecule has 0 amide bonds. The second-order valence-corrected chi connectivity index (χ2v) is 4.52. The van der Waals surface area contributed by atoms with Gasteiger partial charge in [-0.2, -0.15) is 5.10 Å². The Balaban J connectivity index is 1.99. The summed E-state index contributed by atoms with van der Waals surface area (Å²) in [7, 11) is 1.97. The first-order chi connectivity index (χ1) is 8.70. The van der Waals surface area contributed by atoms with E-state index in [4.69, 9.17) is 0 Å². The molecule has 2 aromatic heterocycles. The summed E-state index contributed by atoms with van der Waals surface area (Å²) < 4.78 is 1.88. The zero-order chi connectivity index (χ0) is 13.0. The second-order valence-electron chi connectivity index (χ2n) is 4.52. The average Bonchev–Trinajstić information content (AvgIpc) is 2.77. The van der Waals surface area contributed by atoms with Gasteiger partial charge in [-0.3, -0.25) is 9.67 Å². The van der Waals surface area contributed by atoms with Gasteiger partial charge in [-0.1, -0.05) is 13.0 Å². The molecule has 18 heavy (non-hydrogen) atoms. The number of hydrogen-bond donors (Lipinski definition) is 1. The lowest BCUT2D eigenvalue weighted by molar-refractivity contribution is 0.571. The van der Waals surface area contributed by atoms with Gasteiger partial charge in [-0.15, -0.1) is 0 Å². The van der Waals surface area contributed by atoms with Gasteiger partial charge in [0.1, 0.15) is 0 Å². The number of hydrogen-bond acceptors (Lipinski definition) is 3. The van der Waals surface area contributed by atoms with Gasteiger partial charge in [-0.05, 0) is 25.0 Å². The van der Waals surface area contributed by atoms with Crippen molar-refractivity contribution in [2.45, 2.75) is 32.9 Å². The number of nitrogens with one attached hydrogen (secondary N) is 1. The van der Waals surface area contributed by atoms with E-state index in [2.05, 4.69) is 41.5 Å². The Morgan fingerprint density at radius 3 is 2.94 bits per heavy atom. The van der Waals surface area contributed by atoms with Gasteiger partial charge in [0.05, 0.1) is 5.69 Å². The normalized spacial score (nSPS) is 12.6. The molecular formula is C14H20N4. The standard InChI is InChI=1S/C14H20N4/c1-4-14-13(10-18(3)17-14)9-16-11(2)12-6-5-7-15-8-12/h5-8,10-11,16H,4,9H2,1-3H3. The van der Waals surface area contributed by atoms with E-state index in [0.29, 0.717) is 6.04 Å². The minimum atomic E-state index is 0.295. The summed E-state index contributed by atoms with van der Waals surface area (Å²) in [6.45, 7) is 5.13. The number of aromatic nitrogens is 3. The summed E-state index contributed by atoms with van der Waals surface area (Å²) in [5.41, 5.74) is 3.65. The zero-order valence-corrected chi connectivity index (χ0v) is 11.2. The minimum absolute atomic E-state index is 0.295. The maximum Gasteiger partial charge on any atom is 0.0666 e. The highest BCUT2D eigenvalue weighted by Crippen LogP contribution is 2.13. The van der Waals surface area contributed by atoms with Crippen LogP contribution in [0.4, 0.5) is 0 Å². The van der Waals surface area contributed by atoms with Gasteiger partial charge in [0.25, 0.3) is 0 Å². The Morgan fingerprint density at radius 2 is 2.28 bits per heavy atom. The summed E-state index contributed by atoms with van der Waals surface area (Å²) in [5.74, 6) is 0. The number of nitrogens with zero attached hydrogens (tertiary/aromatic N) is 3. The van der Waals surface area contributed by atoms with Gasteiger partial charge in [0.15, 0.2) is 0 Å². The smallest absolute Gasteiger partial charge is 0.0666 e. The molecule has 4 nitrogen and oxygen atoms in total. The van der Waals surface area contributed by atoms with Crippen molar-refractivity contribution in [1.82, 2.24) is 20.1 Å². The SMILES string of the molecule is CCc1nn(C)cc1CNC(C)c1cccnc1. The lowest BCUT2D eigenvalue weighted by Crippen LogP contribution is -2.18. The predicted molar refractivity (Wildman–Crippen MR) is 72.1 cm³/mol. The first-order valence-corrected chi connectivity index (χ1v) is 6.35. The molecule has 0 aliphatic rings. The van der Waals surface area contributed by atoms with Crippen molar-refractivity contribution in [3.05, 3.63) is 47.5 Å². The summed E-state index contributed by atoms with van der Waals surface area (Å²) in [6, 6.07) is 4.35. The van der Waals surface area contributed by atoms with Crippen LogP contribution in [0.1, 0.15) is 36.7 Å². The maximum atomic E-state index is 4.44. The molecule has 0 radical (unpaired) electrons. The molecule has 0 aliphatic heterocycles. The van der Waals surface area contributed by atoms with E-state index < -0.39 is 0 Å². The molecule has 2 aromatic rings. The van der Waals surface area contributed by atoms with E-state index in [1.165, 1.54) is 16.8 Å². The third-order valence-corrected chi connectivity index (χ3v) is 3.11. The fourth-order valence-electron chi connectivity index (χ4n) is 2.04. The van der Waals surface area contributed by atoms with Crippen LogP contribution in [0.2, 0.25) is 0 Å². The summed E-state index contributed by atoms with van der Waals surface area (Å²) in [5, 5.41) is 7.95. The van der Waals surface area contributed by atoms with E-state index in [1.54, 1.807) is 6.20 Å². The molecule has 0 aliphatic carbocycles. The fourth-order valence-corrected chi connectivity index (χ4v) is 2.04. The maximum absolute atomic E-state index is 4.44. The molecule has 2 heterocycles.